The van der Waals surface area contributed by atoms with Gasteiger partial charge in [-0.05, 0) is 45.7 Å². The van der Waals surface area contributed by atoms with Crippen LogP contribution in [-0.2, 0) is 20.8 Å². The van der Waals surface area contributed by atoms with Gasteiger partial charge in [-0.25, -0.2) is 13.2 Å². The molecule has 0 aliphatic carbocycles. The Labute approximate surface area is 231 Å². The van der Waals surface area contributed by atoms with Gasteiger partial charge in [-0.2, -0.15) is 18.2 Å². The number of nitrogens with one attached hydrogen (secondary N) is 1. The Morgan fingerprint density at radius 3 is 2.00 bits per heavy atom. The number of carbonyl (C=O) groups excluding carboxylic acids is 2. The molecule has 5 N–H and O–H groups in total. The molecule has 1 fully saturated rings. The van der Waals surface area contributed by atoms with Crippen molar-refractivity contribution in [1.29, 1.82) is 0 Å². The third-order valence-corrected chi connectivity index (χ3v) is 5.90. The number of alkyl halides is 3. The highest BCUT2D eigenvalue weighted by molar-refractivity contribution is 7.90. The normalized spacial score (nSPS) is 14.3. The van der Waals surface area contributed by atoms with Crippen molar-refractivity contribution in [3.63, 3.8) is 0 Å². The van der Waals surface area contributed by atoms with Crippen molar-refractivity contribution in [2.45, 2.75) is 56.3 Å². The van der Waals surface area contributed by atoms with Gasteiger partial charge in [0.1, 0.15) is 5.60 Å². The van der Waals surface area contributed by atoms with Crippen LogP contribution in [0.4, 0.5) is 23.7 Å². The molecule has 1 saturated heterocycles. The summed E-state index contributed by atoms with van der Waals surface area (Å²) in [4.78, 5) is 28.0. The maximum Gasteiger partial charge on any atom is 0.418 e. The van der Waals surface area contributed by atoms with Crippen molar-refractivity contribution < 1.29 is 35.9 Å². The van der Waals surface area contributed by atoms with Crippen LogP contribution in [0.15, 0.2) is 22.0 Å². The summed E-state index contributed by atoms with van der Waals surface area (Å²) >= 11 is 0. The monoisotopic (exact) mass is 615 g/mol. The number of rotatable bonds is 4. The van der Waals surface area contributed by atoms with Gasteiger partial charge >= 0.3 is 12.3 Å². The Balaban J connectivity index is 0. The highest BCUT2D eigenvalue weighted by Crippen LogP contribution is 2.42. The first-order chi connectivity index (χ1) is 15.4. The van der Waals surface area contributed by atoms with Crippen molar-refractivity contribution in [1.82, 2.24) is 5.32 Å². The van der Waals surface area contributed by atoms with Crippen LogP contribution in [0, 0.1) is 0 Å². The second-order valence-corrected chi connectivity index (χ2v) is 10.9. The number of carbonyl (C=O) groups is 2. The summed E-state index contributed by atoms with van der Waals surface area (Å²) in [7, 11) is -4.20. The fourth-order valence-corrected chi connectivity index (χ4v) is 4.39. The predicted octanol–water partition coefficient (Wildman–Crippen LogP) is 3.28. The standard InChI is InChI=1S/C20H28F3N5O5S.3ClH/c1-19(2,3)33-18(30)26-12-5-7-28(8-6-12)15-13(20(21,22)23)9-11(16(29)27-17(24)25)10-14(15)34(4,31)32;;;/h9-10,12H,5-8H2,1-4H3,(H,26,30)(H4,24,25,27,29);3*1H. The number of nitrogens with zero attached hydrogens (tertiary/aromatic N) is 2. The van der Waals surface area contributed by atoms with E-state index in [1.807, 2.05) is 0 Å². The lowest BCUT2D eigenvalue weighted by atomic mass is 10.0. The third-order valence-electron chi connectivity index (χ3n) is 4.79. The van der Waals surface area contributed by atoms with E-state index in [2.05, 4.69) is 10.3 Å². The number of hydrogen-bond acceptors (Lipinski definition) is 6. The zero-order chi connectivity index (χ0) is 26.1. The predicted molar refractivity (Wildman–Crippen MR) is 141 cm³/mol. The Morgan fingerprint density at radius 1 is 1.08 bits per heavy atom. The maximum atomic E-state index is 14.0. The van der Waals surface area contributed by atoms with Crippen LogP contribution in [0.3, 0.4) is 0 Å². The Kier molecular flexibility index (Phi) is 13.6. The van der Waals surface area contributed by atoms with Crippen LogP contribution >= 0.6 is 37.2 Å². The molecular formula is C20H31Cl3F3N5O5S. The smallest absolute Gasteiger partial charge is 0.418 e. The molecule has 2 rings (SSSR count). The summed E-state index contributed by atoms with van der Waals surface area (Å²) in [6.45, 7) is 5.13. The minimum atomic E-state index is -4.98. The maximum absolute atomic E-state index is 14.0. The molecule has 0 saturated carbocycles. The van der Waals surface area contributed by atoms with Gasteiger partial charge in [0.15, 0.2) is 15.8 Å². The minimum absolute atomic E-state index is 0. The second-order valence-electron chi connectivity index (χ2n) is 8.89. The van der Waals surface area contributed by atoms with Gasteiger partial charge < -0.3 is 26.4 Å². The minimum Gasteiger partial charge on any atom is -0.444 e. The molecule has 0 radical (unpaired) electrons. The van der Waals surface area contributed by atoms with Gasteiger partial charge in [-0.1, -0.05) is 0 Å². The van der Waals surface area contributed by atoms with Crippen LogP contribution in [-0.4, -0.2) is 57.4 Å². The van der Waals surface area contributed by atoms with Crippen LogP contribution in [0.2, 0.25) is 0 Å². The lowest BCUT2D eigenvalue weighted by Gasteiger charge is -2.36. The molecule has 214 valence electrons. The first-order valence-corrected chi connectivity index (χ1v) is 12.1. The number of hydrogen-bond donors (Lipinski definition) is 3. The molecule has 0 spiro atoms. The van der Waals surface area contributed by atoms with Crippen molar-refractivity contribution in [2.24, 2.45) is 16.5 Å². The van der Waals surface area contributed by atoms with Crippen molar-refractivity contribution in [3.8, 4) is 0 Å². The number of amides is 2. The molecule has 1 heterocycles. The second kappa shape index (κ2) is 13.6. The van der Waals surface area contributed by atoms with Crippen LogP contribution in [0.1, 0.15) is 49.5 Å². The van der Waals surface area contributed by atoms with Crippen molar-refractivity contribution in [2.75, 3.05) is 24.2 Å². The molecule has 0 atom stereocenters. The number of ether oxygens (including phenoxy) is 1. The molecule has 2 amide bonds. The first-order valence-electron chi connectivity index (χ1n) is 10.2. The number of piperidine rings is 1. The molecule has 10 nitrogen and oxygen atoms in total. The number of alkyl carbamates (subject to hydrolysis) is 1. The lowest BCUT2D eigenvalue weighted by Crippen LogP contribution is -2.46. The molecule has 37 heavy (non-hydrogen) atoms. The SMILES string of the molecule is CC(C)(C)OC(=O)NC1CCN(c2c(C(F)(F)F)cc(C(=O)N=C(N)N)cc2S(C)(=O)=O)CC1.Cl.Cl.Cl. The summed E-state index contributed by atoms with van der Waals surface area (Å²) in [5, 5.41) is 2.67. The van der Waals surface area contributed by atoms with Gasteiger partial charge in [-0.3, -0.25) is 4.79 Å². The topological polar surface area (TPSA) is 157 Å². The molecule has 1 aliphatic heterocycles. The van der Waals surface area contributed by atoms with Crippen molar-refractivity contribution in [3.05, 3.63) is 23.3 Å². The van der Waals surface area contributed by atoms with E-state index in [0.717, 1.165) is 12.3 Å². The van der Waals surface area contributed by atoms with E-state index < -0.39 is 61.3 Å². The zero-order valence-corrected chi connectivity index (χ0v) is 23.7. The molecule has 1 aromatic carbocycles. The first kappa shape index (κ1) is 37.0. The molecule has 0 bridgehead atoms. The number of aliphatic imine (C=N–C) groups is 1. The summed E-state index contributed by atoms with van der Waals surface area (Å²) in [6, 6.07) is 0.994. The van der Waals surface area contributed by atoms with E-state index in [4.69, 9.17) is 16.2 Å². The van der Waals surface area contributed by atoms with Gasteiger partial charge in [0.2, 0.25) is 0 Å². The third kappa shape index (κ3) is 10.6. The van der Waals surface area contributed by atoms with E-state index in [0.29, 0.717) is 6.07 Å². The molecular weight excluding hydrogens is 586 g/mol. The molecule has 1 aromatic rings. The van der Waals surface area contributed by atoms with E-state index in [1.54, 1.807) is 20.8 Å². The number of sulfone groups is 1. The van der Waals surface area contributed by atoms with Gasteiger partial charge in [0.05, 0.1) is 16.1 Å². The number of anilines is 1. The number of guanidine groups is 1. The highest BCUT2D eigenvalue weighted by Gasteiger charge is 2.40. The number of nitrogens with two attached hydrogens (primary N) is 2. The van der Waals surface area contributed by atoms with Crippen LogP contribution < -0.4 is 21.7 Å². The Hall–Kier alpha value is -2.16. The lowest BCUT2D eigenvalue weighted by molar-refractivity contribution is -0.137. The largest absolute Gasteiger partial charge is 0.444 e. The summed E-state index contributed by atoms with van der Waals surface area (Å²) < 4.78 is 72.1. The highest BCUT2D eigenvalue weighted by atomic mass is 35.5. The molecule has 0 unspecified atom stereocenters. The molecule has 0 aromatic heterocycles. The quantitative estimate of drug-likeness (QED) is 0.344. The Morgan fingerprint density at radius 2 is 1.59 bits per heavy atom. The Bertz CT molecular complexity index is 1100. The molecule has 17 heteroatoms. The van der Waals surface area contributed by atoms with Crippen LogP contribution in [0.5, 0.6) is 0 Å². The van der Waals surface area contributed by atoms with Gasteiger partial charge in [-0.15, -0.1) is 37.2 Å². The average molecular weight is 617 g/mol. The van der Waals surface area contributed by atoms with Gasteiger partial charge in [0, 0.05) is 31.0 Å². The summed E-state index contributed by atoms with van der Waals surface area (Å²) in [6.07, 6.45) is -4.39. The fraction of sp³-hybridized carbons (Fsp3) is 0.550. The van der Waals surface area contributed by atoms with E-state index in [9.17, 15) is 31.2 Å². The van der Waals surface area contributed by atoms with Crippen molar-refractivity contribution >= 4 is 70.7 Å². The molecule has 1 aliphatic rings. The number of benzene rings is 1. The van der Waals surface area contributed by atoms with Crippen LogP contribution in [0.25, 0.3) is 0 Å². The van der Waals surface area contributed by atoms with E-state index in [1.165, 1.54) is 4.90 Å². The summed E-state index contributed by atoms with van der Waals surface area (Å²) in [5.74, 6) is -1.88. The van der Waals surface area contributed by atoms with Gasteiger partial charge in [0.25, 0.3) is 5.91 Å². The van der Waals surface area contributed by atoms with E-state index in [-0.39, 0.29) is 69.2 Å². The van der Waals surface area contributed by atoms with E-state index >= 15 is 0 Å². The average Bonchev–Trinajstić information content (AvgIpc) is 2.64. The number of halogens is 6. The fourth-order valence-electron chi connectivity index (χ4n) is 3.46. The zero-order valence-electron chi connectivity index (χ0n) is 20.4. The summed E-state index contributed by atoms with van der Waals surface area (Å²) in [5.41, 5.74) is 7.05.